The maximum absolute atomic E-state index is 12.8. The van der Waals surface area contributed by atoms with Gasteiger partial charge in [0.2, 0.25) is 5.91 Å². The van der Waals surface area contributed by atoms with Crippen LogP contribution in [0.3, 0.4) is 0 Å². The summed E-state index contributed by atoms with van der Waals surface area (Å²) in [5.74, 6) is -0.335. The molecule has 0 unspecified atom stereocenters. The Morgan fingerprint density at radius 1 is 1.17 bits per heavy atom. The van der Waals surface area contributed by atoms with E-state index in [2.05, 4.69) is 4.90 Å². The van der Waals surface area contributed by atoms with Crippen LogP contribution in [-0.4, -0.2) is 47.1 Å². The van der Waals surface area contributed by atoms with Crippen LogP contribution in [0, 0.1) is 0 Å². The number of hydrogen-bond donors (Lipinski definition) is 1. The zero-order chi connectivity index (χ0) is 16.4. The molecule has 2 heterocycles. The van der Waals surface area contributed by atoms with Crippen LogP contribution in [0.4, 0.5) is 5.69 Å². The van der Waals surface area contributed by atoms with Gasteiger partial charge in [-0.05, 0) is 50.1 Å². The molecule has 6 heteroatoms. The molecule has 2 atom stereocenters. The highest BCUT2D eigenvalue weighted by Gasteiger charge is 2.44. The molecule has 2 amide bonds. The highest BCUT2D eigenvalue weighted by Crippen LogP contribution is 2.31. The van der Waals surface area contributed by atoms with Crippen LogP contribution in [0.25, 0.3) is 0 Å². The van der Waals surface area contributed by atoms with E-state index in [1.807, 2.05) is 0 Å². The van der Waals surface area contributed by atoms with Crippen LogP contribution in [0.1, 0.15) is 32.1 Å². The molecule has 0 aromatic heterocycles. The molecule has 1 aromatic carbocycles. The maximum atomic E-state index is 12.8. The Morgan fingerprint density at radius 3 is 2.61 bits per heavy atom. The number of anilines is 1. The normalized spacial score (nSPS) is 26.1. The van der Waals surface area contributed by atoms with Gasteiger partial charge in [-0.2, -0.15) is 0 Å². The summed E-state index contributed by atoms with van der Waals surface area (Å²) in [4.78, 5) is 28.6. The van der Waals surface area contributed by atoms with Gasteiger partial charge in [0.25, 0.3) is 5.91 Å². The van der Waals surface area contributed by atoms with Crippen molar-refractivity contribution in [2.45, 2.75) is 44.2 Å². The molecule has 0 aliphatic carbocycles. The SMILES string of the molecule is O=C1C[C@@H](N2CCCC[C@@H]2CCO)C(=O)N1c1ccc(Cl)cc1. The first kappa shape index (κ1) is 16.4. The van der Waals surface area contributed by atoms with Gasteiger partial charge in [0.05, 0.1) is 18.2 Å². The van der Waals surface area contributed by atoms with E-state index in [9.17, 15) is 14.7 Å². The summed E-state index contributed by atoms with van der Waals surface area (Å²) in [7, 11) is 0. The number of piperidine rings is 1. The van der Waals surface area contributed by atoms with E-state index in [-0.39, 0.29) is 30.9 Å². The molecule has 23 heavy (non-hydrogen) atoms. The van der Waals surface area contributed by atoms with Crippen LogP contribution >= 0.6 is 11.6 Å². The molecule has 2 aliphatic rings. The number of aliphatic hydroxyl groups is 1. The summed E-state index contributed by atoms with van der Waals surface area (Å²) in [5, 5.41) is 9.82. The fraction of sp³-hybridized carbons (Fsp3) is 0.529. The van der Waals surface area contributed by atoms with Gasteiger partial charge in [0.15, 0.2) is 0 Å². The standard InChI is InChI=1S/C17H21ClN2O3/c18-12-4-6-14(7-5-12)20-16(22)11-15(17(20)23)19-9-2-1-3-13(19)8-10-21/h4-7,13,15,21H,1-3,8-11H2/t13-,15-/m1/s1. The highest BCUT2D eigenvalue weighted by molar-refractivity contribution is 6.30. The Morgan fingerprint density at radius 2 is 1.91 bits per heavy atom. The van der Waals surface area contributed by atoms with E-state index < -0.39 is 6.04 Å². The van der Waals surface area contributed by atoms with E-state index in [1.54, 1.807) is 24.3 Å². The van der Waals surface area contributed by atoms with Crippen molar-refractivity contribution in [1.82, 2.24) is 4.90 Å². The first-order valence-electron chi connectivity index (χ1n) is 8.11. The second-order valence-corrected chi connectivity index (χ2v) is 6.60. The number of amides is 2. The topological polar surface area (TPSA) is 60.9 Å². The van der Waals surface area contributed by atoms with Crippen molar-refractivity contribution in [2.75, 3.05) is 18.1 Å². The number of carbonyl (C=O) groups excluding carboxylic acids is 2. The number of nitrogens with zero attached hydrogens (tertiary/aromatic N) is 2. The Kier molecular flexibility index (Phi) is 4.99. The molecule has 0 spiro atoms. The van der Waals surface area contributed by atoms with E-state index in [0.717, 1.165) is 25.8 Å². The Bertz CT molecular complexity index is 588. The molecule has 124 valence electrons. The summed E-state index contributed by atoms with van der Waals surface area (Å²) < 4.78 is 0. The smallest absolute Gasteiger partial charge is 0.251 e. The van der Waals surface area contributed by atoms with Crippen LogP contribution in [-0.2, 0) is 9.59 Å². The van der Waals surface area contributed by atoms with Crippen molar-refractivity contribution in [3.05, 3.63) is 29.3 Å². The van der Waals surface area contributed by atoms with E-state index in [1.165, 1.54) is 4.90 Å². The van der Waals surface area contributed by atoms with Crippen molar-refractivity contribution in [2.24, 2.45) is 0 Å². The zero-order valence-electron chi connectivity index (χ0n) is 12.9. The number of benzene rings is 1. The zero-order valence-corrected chi connectivity index (χ0v) is 13.7. The first-order valence-corrected chi connectivity index (χ1v) is 8.48. The number of aliphatic hydroxyl groups excluding tert-OH is 1. The molecular formula is C17H21ClN2O3. The molecule has 0 bridgehead atoms. The lowest BCUT2D eigenvalue weighted by Crippen LogP contribution is -2.50. The minimum Gasteiger partial charge on any atom is -0.396 e. The first-order chi connectivity index (χ1) is 11.1. The van der Waals surface area contributed by atoms with Gasteiger partial charge in [0, 0.05) is 17.7 Å². The number of carbonyl (C=O) groups is 2. The van der Waals surface area contributed by atoms with Crippen molar-refractivity contribution in [3.63, 3.8) is 0 Å². The lowest BCUT2D eigenvalue weighted by atomic mass is 9.97. The largest absolute Gasteiger partial charge is 0.396 e. The molecule has 2 fully saturated rings. The summed E-state index contributed by atoms with van der Waals surface area (Å²) in [5.41, 5.74) is 0.572. The van der Waals surface area contributed by atoms with Gasteiger partial charge in [-0.15, -0.1) is 0 Å². The average Bonchev–Trinajstić information content (AvgIpc) is 2.84. The average molecular weight is 337 g/mol. The fourth-order valence-electron chi connectivity index (χ4n) is 3.63. The van der Waals surface area contributed by atoms with Crippen molar-refractivity contribution in [1.29, 1.82) is 0 Å². The van der Waals surface area contributed by atoms with Crippen LogP contribution in [0.2, 0.25) is 5.02 Å². The quantitative estimate of drug-likeness (QED) is 0.856. The second-order valence-electron chi connectivity index (χ2n) is 6.16. The molecule has 0 saturated carbocycles. The number of rotatable bonds is 4. The number of likely N-dealkylation sites (tertiary alicyclic amines) is 1. The third-order valence-corrected chi connectivity index (χ3v) is 4.99. The monoisotopic (exact) mass is 336 g/mol. The van der Waals surface area contributed by atoms with Gasteiger partial charge < -0.3 is 5.11 Å². The Hall–Kier alpha value is -1.43. The summed E-state index contributed by atoms with van der Waals surface area (Å²) in [6.07, 6.45) is 3.97. The van der Waals surface area contributed by atoms with E-state index in [4.69, 9.17) is 11.6 Å². The molecule has 3 rings (SSSR count). The molecule has 5 nitrogen and oxygen atoms in total. The minimum atomic E-state index is -0.407. The van der Waals surface area contributed by atoms with E-state index in [0.29, 0.717) is 17.1 Å². The molecule has 1 N–H and O–H groups in total. The lowest BCUT2D eigenvalue weighted by molar-refractivity contribution is -0.123. The fourth-order valence-corrected chi connectivity index (χ4v) is 3.75. The number of hydrogen-bond acceptors (Lipinski definition) is 4. The van der Waals surface area contributed by atoms with E-state index >= 15 is 0 Å². The highest BCUT2D eigenvalue weighted by atomic mass is 35.5. The Balaban J connectivity index is 1.81. The van der Waals surface area contributed by atoms with Crippen LogP contribution in [0.15, 0.2) is 24.3 Å². The lowest BCUT2D eigenvalue weighted by Gasteiger charge is -2.38. The molecular weight excluding hydrogens is 316 g/mol. The van der Waals surface area contributed by atoms with Gasteiger partial charge in [-0.3, -0.25) is 14.5 Å². The summed E-state index contributed by atoms with van der Waals surface area (Å²) in [6.45, 7) is 0.916. The van der Waals surface area contributed by atoms with Gasteiger partial charge >= 0.3 is 0 Å². The Labute approximate surface area is 140 Å². The third kappa shape index (κ3) is 3.27. The second kappa shape index (κ2) is 6.99. The van der Waals surface area contributed by atoms with Crippen molar-refractivity contribution < 1.29 is 14.7 Å². The summed E-state index contributed by atoms with van der Waals surface area (Å²) >= 11 is 5.88. The predicted molar refractivity (Wildman–Crippen MR) is 88.4 cm³/mol. The van der Waals surface area contributed by atoms with Crippen molar-refractivity contribution in [3.8, 4) is 0 Å². The third-order valence-electron chi connectivity index (χ3n) is 4.74. The predicted octanol–water partition coefficient (Wildman–Crippen LogP) is 2.21. The van der Waals surface area contributed by atoms with Crippen LogP contribution < -0.4 is 4.90 Å². The number of halogens is 1. The maximum Gasteiger partial charge on any atom is 0.251 e. The van der Waals surface area contributed by atoms with Gasteiger partial charge in [-0.1, -0.05) is 18.0 Å². The van der Waals surface area contributed by atoms with Crippen molar-refractivity contribution >= 4 is 29.1 Å². The van der Waals surface area contributed by atoms with Gasteiger partial charge in [0.1, 0.15) is 0 Å². The van der Waals surface area contributed by atoms with Gasteiger partial charge in [-0.25, -0.2) is 4.90 Å². The summed E-state index contributed by atoms with van der Waals surface area (Å²) in [6, 6.07) is 6.53. The van der Waals surface area contributed by atoms with Crippen LogP contribution in [0.5, 0.6) is 0 Å². The molecule has 2 aliphatic heterocycles. The molecule has 2 saturated heterocycles. The molecule has 1 aromatic rings. The minimum absolute atomic E-state index is 0.108. The number of imide groups is 1. The molecule has 0 radical (unpaired) electrons.